The van der Waals surface area contributed by atoms with Gasteiger partial charge in [0.1, 0.15) is 0 Å². The number of amides is 1. The largest absolute Gasteiger partial charge is 0.338 e. The van der Waals surface area contributed by atoms with Crippen LogP contribution in [-0.4, -0.2) is 20.9 Å². The monoisotopic (exact) mass is 205 g/mol. The van der Waals surface area contributed by atoms with E-state index in [-0.39, 0.29) is 0 Å². The Hall–Kier alpha value is 0.350. The molecule has 0 spiro atoms. The van der Waals surface area contributed by atoms with Gasteiger partial charge in [-0.25, -0.2) is 5.48 Å². The number of rotatable bonds is 0. The predicted molar refractivity (Wildman–Crippen MR) is 43.3 cm³/mol. The van der Waals surface area contributed by atoms with Gasteiger partial charge in [-0.05, 0) is 11.8 Å². The van der Waals surface area contributed by atoms with Crippen LogP contribution < -0.4 is 5.48 Å². The quantitative estimate of drug-likeness (QED) is 0.161. The zero-order valence-electron chi connectivity index (χ0n) is 5.05. The molecule has 0 rings (SSSR count). The van der Waals surface area contributed by atoms with Gasteiger partial charge in [-0.3, -0.25) is 10.0 Å². The van der Waals surface area contributed by atoms with Crippen molar-refractivity contribution in [2.75, 3.05) is 0 Å². The Bertz CT molecular complexity index is 136. The molecule has 5 nitrogen and oxygen atoms in total. The van der Waals surface area contributed by atoms with Gasteiger partial charge >= 0.3 is 0 Å². The highest BCUT2D eigenvalue weighted by molar-refractivity contribution is 8.59. The van der Waals surface area contributed by atoms with E-state index in [1.165, 1.54) is 12.4 Å². The smallest absolute Gasteiger partial charge is 0.240 e. The summed E-state index contributed by atoms with van der Waals surface area (Å²) in [4.78, 5) is 25.2. The van der Waals surface area contributed by atoms with E-state index in [0.29, 0.717) is 0 Å². The molecule has 0 aliphatic rings. The lowest BCUT2D eigenvalue weighted by Gasteiger charge is -1.88. The highest BCUT2D eigenvalue weighted by Gasteiger charge is 1.90. The molecular formula is C2H8NO4PS2. The highest BCUT2D eigenvalue weighted by atomic mass is 32.9. The number of hydroxylamine groups is 1. The fourth-order valence-corrected chi connectivity index (χ4v) is 0. The van der Waals surface area contributed by atoms with Gasteiger partial charge in [0.2, 0.25) is 11.6 Å². The summed E-state index contributed by atoms with van der Waals surface area (Å²) >= 11 is 7.07. The topological polar surface area (TPSA) is 89.8 Å². The Kier molecular flexibility index (Phi) is 7.90. The molecule has 0 radical (unpaired) electrons. The van der Waals surface area contributed by atoms with Crippen molar-refractivity contribution in [3.8, 4) is 0 Å². The Balaban J connectivity index is 0. The summed E-state index contributed by atoms with van der Waals surface area (Å²) in [5.41, 5.74) is -1.72. The van der Waals surface area contributed by atoms with Crippen molar-refractivity contribution in [3.05, 3.63) is 0 Å². The third-order valence-electron chi connectivity index (χ3n) is 0.157. The normalized spacial score (nSPS) is 9.30. The van der Waals surface area contributed by atoms with E-state index < -0.39 is 11.6 Å². The van der Waals surface area contributed by atoms with Gasteiger partial charge in [0.15, 0.2) is 0 Å². The van der Waals surface area contributed by atoms with Crippen LogP contribution in [0.3, 0.4) is 0 Å². The molecular weight excluding hydrogens is 197 g/mol. The van der Waals surface area contributed by atoms with Crippen LogP contribution in [0.2, 0.25) is 0 Å². The predicted octanol–water partition coefficient (Wildman–Crippen LogP) is -0.363. The molecule has 0 saturated heterocycles. The lowest BCUT2D eigenvalue weighted by molar-refractivity contribution is -0.126. The molecule has 0 unspecified atom stereocenters. The van der Waals surface area contributed by atoms with Crippen molar-refractivity contribution in [3.63, 3.8) is 0 Å². The number of nitrogens with one attached hydrogen (secondary N) is 1. The Morgan fingerprint density at radius 3 is 1.80 bits per heavy atom. The average molecular weight is 205 g/mol. The summed E-state index contributed by atoms with van der Waals surface area (Å²) < 4.78 is 0. The minimum absolute atomic E-state index is 0.440. The van der Waals surface area contributed by atoms with E-state index in [1.807, 2.05) is 0 Å². The summed E-state index contributed by atoms with van der Waals surface area (Å²) in [6.45, 7) is 1.22. The Morgan fingerprint density at radius 1 is 1.70 bits per heavy atom. The van der Waals surface area contributed by atoms with E-state index in [9.17, 15) is 4.79 Å². The summed E-state index contributed by atoms with van der Waals surface area (Å²) in [5.74, 6) is -0.440. The molecule has 0 aliphatic heterocycles. The number of carbonyl (C=O) groups is 1. The lowest BCUT2D eigenvalue weighted by atomic mass is 10.8. The van der Waals surface area contributed by atoms with Crippen LogP contribution >= 0.6 is 17.9 Å². The summed E-state index contributed by atoms with van der Waals surface area (Å²) in [6.07, 6.45) is 0. The zero-order chi connectivity index (χ0) is 8.78. The molecule has 0 fully saturated rings. The van der Waals surface area contributed by atoms with Crippen LogP contribution in [0.5, 0.6) is 0 Å². The summed E-state index contributed by atoms with van der Waals surface area (Å²) in [6, 6.07) is 0. The Labute approximate surface area is 68.4 Å². The number of hydrogen-bond acceptors (Lipinski definition) is 3. The molecule has 0 aromatic carbocycles. The lowest BCUT2D eigenvalue weighted by Crippen LogP contribution is -2.12. The van der Waals surface area contributed by atoms with E-state index in [4.69, 9.17) is 15.0 Å². The molecule has 10 heavy (non-hydrogen) atoms. The average Bonchev–Trinajstić information content (AvgIpc) is 1.61. The fourth-order valence-electron chi connectivity index (χ4n) is 0. The number of hydrogen-bond donors (Lipinski definition) is 5. The van der Waals surface area contributed by atoms with Gasteiger partial charge in [-0.1, -0.05) is 12.2 Å². The van der Waals surface area contributed by atoms with Gasteiger partial charge in [-0.2, -0.15) is 0 Å². The molecule has 0 bridgehead atoms. The van der Waals surface area contributed by atoms with Crippen molar-refractivity contribution in [1.82, 2.24) is 5.48 Å². The molecule has 0 heterocycles. The van der Waals surface area contributed by atoms with E-state index in [1.54, 1.807) is 0 Å². The molecule has 1 amide bonds. The van der Waals surface area contributed by atoms with Crippen LogP contribution in [0.1, 0.15) is 6.92 Å². The van der Waals surface area contributed by atoms with Crippen molar-refractivity contribution in [2.45, 2.75) is 6.92 Å². The minimum Gasteiger partial charge on any atom is -0.338 e. The van der Waals surface area contributed by atoms with Crippen molar-refractivity contribution in [2.24, 2.45) is 0 Å². The van der Waals surface area contributed by atoms with Gasteiger partial charge in [-0.15, -0.1) is 0 Å². The van der Waals surface area contributed by atoms with Crippen LogP contribution in [0.4, 0.5) is 0 Å². The maximum Gasteiger partial charge on any atom is 0.240 e. The second kappa shape index (κ2) is 6.09. The zero-order valence-corrected chi connectivity index (χ0v) is 7.66. The van der Waals surface area contributed by atoms with Gasteiger partial charge < -0.3 is 9.79 Å². The van der Waals surface area contributed by atoms with Gasteiger partial charge in [0.05, 0.1) is 0 Å². The number of thiol groups is 1. The first-order chi connectivity index (χ1) is 4.27. The SMILES string of the molecule is CC(=O)NO.OP(O)(=S)S. The first-order valence-corrected chi connectivity index (χ1v) is 5.82. The van der Waals surface area contributed by atoms with Crippen LogP contribution in [0.25, 0.3) is 0 Å². The summed E-state index contributed by atoms with van der Waals surface area (Å²) in [5, 5.41) is 7.54. The van der Waals surface area contributed by atoms with E-state index in [0.717, 1.165) is 0 Å². The third-order valence-corrected chi connectivity index (χ3v) is 0.157. The van der Waals surface area contributed by atoms with E-state index in [2.05, 4.69) is 24.1 Å². The maximum atomic E-state index is 9.45. The molecule has 0 aromatic heterocycles. The molecule has 0 aromatic rings. The highest BCUT2D eigenvalue weighted by Crippen LogP contribution is 2.39. The van der Waals surface area contributed by atoms with Crippen LogP contribution in [-0.2, 0) is 16.6 Å². The van der Waals surface area contributed by atoms with Crippen LogP contribution in [0, 0.1) is 0 Å². The van der Waals surface area contributed by atoms with Gasteiger partial charge in [0.25, 0.3) is 0 Å². The third kappa shape index (κ3) is 81.7. The van der Waals surface area contributed by atoms with E-state index >= 15 is 0 Å². The maximum absolute atomic E-state index is 9.45. The molecule has 0 aliphatic carbocycles. The molecule has 4 N–H and O–H groups in total. The van der Waals surface area contributed by atoms with Crippen LogP contribution in [0.15, 0.2) is 0 Å². The standard InChI is InChI=1S/C2H5NO2.H3O2PS2/c1-2(4)3-5;1-3(2,4)5/h5H,1H3,(H,3,4);(H3,1,2,4,5). The second-order valence-corrected chi connectivity index (χ2v) is 6.22. The summed E-state index contributed by atoms with van der Waals surface area (Å²) in [7, 11) is 0. The molecule has 8 heteroatoms. The minimum atomic E-state index is -3.11. The van der Waals surface area contributed by atoms with Crippen molar-refractivity contribution >= 4 is 35.7 Å². The van der Waals surface area contributed by atoms with Gasteiger partial charge in [0, 0.05) is 6.92 Å². The molecule has 0 atom stereocenters. The molecule has 0 saturated carbocycles. The fraction of sp³-hybridized carbons (Fsp3) is 0.500. The number of carbonyl (C=O) groups excluding carboxylic acids is 1. The first kappa shape index (κ1) is 13.0. The molecule has 62 valence electrons. The Morgan fingerprint density at radius 2 is 1.80 bits per heavy atom. The van der Waals surface area contributed by atoms with Crippen molar-refractivity contribution < 1.29 is 19.8 Å². The second-order valence-electron chi connectivity index (χ2n) is 1.18. The van der Waals surface area contributed by atoms with Crippen molar-refractivity contribution in [1.29, 1.82) is 0 Å². The first-order valence-electron chi connectivity index (χ1n) is 1.96.